The highest BCUT2D eigenvalue weighted by Gasteiger charge is 2.30. The molecule has 1 unspecified atom stereocenters. The van der Waals surface area contributed by atoms with Crippen LogP contribution >= 0.6 is 15.9 Å². The molecule has 0 aromatic heterocycles. The zero-order valence-corrected chi connectivity index (χ0v) is 13.0. The van der Waals surface area contributed by atoms with Crippen molar-refractivity contribution >= 4 is 15.9 Å². The second-order valence-corrected chi connectivity index (χ2v) is 5.77. The van der Waals surface area contributed by atoms with Crippen molar-refractivity contribution < 1.29 is 13.2 Å². The third kappa shape index (κ3) is 4.58. The predicted octanol–water partition coefficient (Wildman–Crippen LogP) is 5.32. The van der Waals surface area contributed by atoms with Gasteiger partial charge in [-0.15, -0.1) is 0 Å². The standard InChI is InChI=1S/C16H15BrF3N/c1-11(13-5-3-7-15(17)9-13)21-10-12-4-2-6-14(8-12)16(18,19)20/h2-9,11,21H,10H2,1H3. The Morgan fingerprint density at radius 1 is 1.10 bits per heavy atom. The Kier molecular flexibility index (Phi) is 5.06. The summed E-state index contributed by atoms with van der Waals surface area (Å²) in [6.07, 6.45) is -4.30. The second kappa shape index (κ2) is 6.62. The van der Waals surface area contributed by atoms with Crippen LogP contribution in [-0.2, 0) is 12.7 Å². The van der Waals surface area contributed by atoms with E-state index in [0.29, 0.717) is 12.1 Å². The van der Waals surface area contributed by atoms with E-state index >= 15 is 0 Å². The van der Waals surface area contributed by atoms with Crippen molar-refractivity contribution in [1.82, 2.24) is 5.32 Å². The minimum absolute atomic E-state index is 0.0528. The van der Waals surface area contributed by atoms with Gasteiger partial charge in [0.25, 0.3) is 0 Å². The van der Waals surface area contributed by atoms with Crippen LogP contribution in [0.2, 0.25) is 0 Å². The maximum atomic E-state index is 12.7. The molecule has 2 aromatic rings. The van der Waals surface area contributed by atoms with Crippen molar-refractivity contribution in [2.24, 2.45) is 0 Å². The van der Waals surface area contributed by atoms with Crippen molar-refractivity contribution in [2.75, 3.05) is 0 Å². The molecular weight excluding hydrogens is 343 g/mol. The molecule has 2 rings (SSSR count). The van der Waals surface area contributed by atoms with Crippen LogP contribution in [0.3, 0.4) is 0 Å². The highest BCUT2D eigenvalue weighted by atomic mass is 79.9. The first kappa shape index (κ1) is 16.0. The van der Waals surface area contributed by atoms with Crippen molar-refractivity contribution in [3.8, 4) is 0 Å². The van der Waals surface area contributed by atoms with Gasteiger partial charge in [-0.3, -0.25) is 0 Å². The van der Waals surface area contributed by atoms with E-state index in [1.54, 1.807) is 6.07 Å². The van der Waals surface area contributed by atoms with E-state index < -0.39 is 11.7 Å². The Morgan fingerprint density at radius 3 is 2.48 bits per heavy atom. The number of nitrogens with one attached hydrogen (secondary N) is 1. The SMILES string of the molecule is CC(NCc1cccc(C(F)(F)F)c1)c1cccc(Br)c1. The van der Waals surface area contributed by atoms with Crippen LogP contribution in [0.25, 0.3) is 0 Å². The van der Waals surface area contributed by atoms with Crippen LogP contribution in [-0.4, -0.2) is 0 Å². The first-order valence-corrected chi connectivity index (χ1v) is 7.30. The first-order chi connectivity index (χ1) is 9.86. The molecule has 0 saturated carbocycles. The van der Waals surface area contributed by atoms with Crippen molar-refractivity contribution in [2.45, 2.75) is 25.7 Å². The second-order valence-electron chi connectivity index (χ2n) is 4.86. The molecule has 0 fully saturated rings. The molecule has 0 aliphatic carbocycles. The molecule has 21 heavy (non-hydrogen) atoms. The summed E-state index contributed by atoms with van der Waals surface area (Å²) in [6, 6.07) is 13.3. The molecule has 0 saturated heterocycles. The summed E-state index contributed by atoms with van der Waals surface area (Å²) in [5, 5.41) is 3.23. The van der Waals surface area contributed by atoms with E-state index in [1.807, 2.05) is 31.2 Å². The van der Waals surface area contributed by atoms with Gasteiger partial charge in [-0.1, -0.05) is 46.3 Å². The van der Waals surface area contributed by atoms with E-state index in [4.69, 9.17) is 0 Å². The number of alkyl halides is 3. The molecule has 2 aromatic carbocycles. The summed E-state index contributed by atoms with van der Waals surface area (Å²) in [4.78, 5) is 0. The van der Waals surface area contributed by atoms with Gasteiger partial charge in [0.2, 0.25) is 0 Å². The molecule has 5 heteroatoms. The average molecular weight is 358 g/mol. The molecule has 0 radical (unpaired) electrons. The zero-order chi connectivity index (χ0) is 15.5. The smallest absolute Gasteiger partial charge is 0.306 e. The number of benzene rings is 2. The lowest BCUT2D eigenvalue weighted by atomic mass is 10.1. The van der Waals surface area contributed by atoms with Crippen LogP contribution in [0.4, 0.5) is 13.2 Å². The van der Waals surface area contributed by atoms with Crippen LogP contribution in [0, 0.1) is 0 Å². The summed E-state index contributed by atoms with van der Waals surface area (Å²) in [7, 11) is 0. The fourth-order valence-electron chi connectivity index (χ4n) is 2.02. The van der Waals surface area contributed by atoms with Crippen molar-refractivity contribution in [3.05, 3.63) is 69.7 Å². The van der Waals surface area contributed by atoms with Crippen LogP contribution in [0.1, 0.15) is 29.7 Å². The number of hydrogen-bond acceptors (Lipinski definition) is 1. The molecule has 1 atom stereocenters. The summed E-state index contributed by atoms with van der Waals surface area (Å²) >= 11 is 3.41. The van der Waals surface area contributed by atoms with Gasteiger partial charge < -0.3 is 5.32 Å². The van der Waals surface area contributed by atoms with Gasteiger partial charge in [0.1, 0.15) is 0 Å². The number of hydrogen-bond donors (Lipinski definition) is 1. The number of rotatable bonds is 4. The lowest BCUT2D eigenvalue weighted by molar-refractivity contribution is -0.137. The lowest BCUT2D eigenvalue weighted by Gasteiger charge is -2.15. The summed E-state index contributed by atoms with van der Waals surface area (Å²) in [6.45, 7) is 2.37. The largest absolute Gasteiger partial charge is 0.416 e. The van der Waals surface area contributed by atoms with Gasteiger partial charge in [-0.25, -0.2) is 0 Å². The van der Waals surface area contributed by atoms with E-state index in [1.165, 1.54) is 12.1 Å². The van der Waals surface area contributed by atoms with Gasteiger partial charge in [0, 0.05) is 17.1 Å². The molecule has 0 spiro atoms. The summed E-state index contributed by atoms with van der Waals surface area (Å²) in [5.41, 5.74) is 1.08. The Labute approximate surface area is 130 Å². The van der Waals surface area contributed by atoms with Crippen LogP contribution in [0.5, 0.6) is 0 Å². The third-order valence-corrected chi connectivity index (χ3v) is 3.71. The van der Waals surface area contributed by atoms with Crippen molar-refractivity contribution in [3.63, 3.8) is 0 Å². The molecule has 0 aliphatic rings. The van der Waals surface area contributed by atoms with Gasteiger partial charge in [-0.2, -0.15) is 13.2 Å². The lowest BCUT2D eigenvalue weighted by Crippen LogP contribution is -2.18. The fraction of sp³-hybridized carbons (Fsp3) is 0.250. The Hall–Kier alpha value is -1.33. The molecule has 1 nitrogen and oxygen atoms in total. The maximum Gasteiger partial charge on any atom is 0.416 e. The topological polar surface area (TPSA) is 12.0 Å². The van der Waals surface area contributed by atoms with Gasteiger partial charge in [0.05, 0.1) is 5.56 Å². The molecule has 112 valence electrons. The quantitative estimate of drug-likeness (QED) is 0.780. The molecular formula is C16H15BrF3N. The molecule has 0 bridgehead atoms. The summed E-state index contributed by atoms with van der Waals surface area (Å²) < 4.78 is 38.9. The molecule has 0 heterocycles. The highest BCUT2D eigenvalue weighted by molar-refractivity contribution is 9.10. The van der Waals surface area contributed by atoms with Crippen LogP contribution < -0.4 is 5.32 Å². The maximum absolute atomic E-state index is 12.7. The van der Waals surface area contributed by atoms with E-state index in [2.05, 4.69) is 21.2 Å². The minimum Gasteiger partial charge on any atom is -0.306 e. The molecule has 0 amide bonds. The van der Waals surface area contributed by atoms with Gasteiger partial charge in [0.15, 0.2) is 0 Å². The monoisotopic (exact) mass is 357 g/mol. The number of halogens is 4. The average Bonchev–Trinajstić information content (AvgIpc) is 2.44. The molecule has 0 aliphatic heterocycles. The Bertz CT molecular complexity index is 610. The zero-order valence-electron chi connectivity index (χ0n) is 11.4. The normalized spacial score (nSPS) is 13.2. The van der Waals surface area contributed by atoms with E-state index in [-0.39, 0.29) is 6.04 Å². The highest BCUT2D eigenvalue weighted by Crippen LogP contribution is 2.29. The molecule has 1 N–H and O–H groups in total. The first-order valence-electron chi connectivity index (χ1n) is 6.51. The summed E-state index contributed by atoms with van der Waals surface area (Å²) in [5.74, 6) is 0. The van der Waals surface area contributed by atoms with Crippen molar-refractivity contribution in [1.29, 1.82) is 0 Å². The van der Waals surface area contributed by atoms with E-state index in [0.717, 1.165) is 16.1 Å². The van der Waals surface area contributed by atoms with Gasteiger partial charge >= 0.3 is 6.18 Å². The Morgan fingerprint density at radius 2 is 1.81 bits per heavy atom. The minimum atomic E-state index is -4.30. The van der Waals surface area contributed by atoms with E-state index in [9.17, 15) is 13.2 Å². The predicted molar refractivity (Wildman–Crippen MR) is 80.8 cm³/mol. The third-order valence-electron chi connectivity index (χ3n) is 3.22. The van der Waals surface area contributed by atoms with Gasteiger partial charge in [-0.05, 0) is 36.2 Å². The fourth-order valence-corrected chi connectivity index (χ4v) is 2.44. The Balaban J connectivity index is 2.03. The van der Waals surface area contributed by atoms with Crippen LogP contribution in [0.15, 0.2) is 53.0 Å².